The molecule has 4 aromatic carbocycles. The van der Waals surface area contributed by atoms with Gasteiger partial charge in [0, 0.05) is 30.6 Å². The van der Waals surface area contributed by atoms with Gasteiger partial charge >= 0.3 is 0 Å². The molecule has 0 radical (unpaired) electrons. The van der Waals surface area contributed by atoms with Crippen LogP contribution in [0.5, 0.6) is 17.2 Å². The first-order valence-corrected chi connectivity index (χ1v) is 20.1. The Morgan fingerprint density at radius 3 is 2.56 bits per heavy atom. The van der Waals surface area contributed by atoms with Gasteiger partial charge in [-0.05, 0) is 109 Å². The van der Waals surface area contributed by atoms with Crippen LogP contribution in [0.1, 0.15) is 119 Å². The molecule has 4 aromatic rings. The van der Waals surface area contributed by atoms with Crippen molar-refractivity contribution >= 4 is 22.2 Å². The van der Waals surface area contributed by atoms with Crippen molar-refractivity contribution in [3.8, 4) is 29.3 Å². The highest BCUT2D eigenvalue weighted by Gasteiger charge is 2.20. The molecule has 0 aromatic heterocycles. The highest BCUT2D eigenvalue weighted by Crippen LogP contribution is 2.37. The Bertz CT molecular complexity index is 1860. The molecule has 6 rings (SSSR count). The van der Waals surface area contributed by atoms with Gasteiger partial charge in [-0.1, -0.05) is 87.8 Å². The molecule has 7 nitrogen and oxygen atoms in total. The van der Waals surface area contributed by atoms with E-state index in [0.29, 0.717) is 43.9 Å². The lowest BCUT2D eigenvalue weighted by molar-refractivity contribution is -0.121. The van der Waals surface area contributed by atoms with Gasteiger partial charge in [0.25, 0.3) is 0 Å². The zero-order valence-corrected chi connectivity index (χ0v) is 32.5. The van der Waals surface area contributed by atoms with Gasteiger partial charge < -0.3 is 29.7 Å². The second kappa shape index (κ2) is 21.3. The van der Waals surface area contributed by atoms with E-state index in [9.17, 15) is 15.0 Å². The number of unbranched alkanes of at least 4 members (excludes halogenated alkanes) is 6. The largest absolute Gasteiger partial charge is 0.508 e. The van der Waals surface area contributed by atoms with Crippen LogP contribution in [0.3, 0.4) is 0 Å². The maximum atomic E-state index is 13.4. The van der Waals surface area contributed by atoms with Crippen LogP contribution in [0.4, 0.5) is 5.69 Å². The number of aliphatic hydroxyl groups excluding tert-OH is 1. The third kappa shape index (κ3) is 12.5. The Kier molecular flexibility index (Phi) is 16.0. The van der Waals surface area contributed by atoms with Crippen molar-refractivity contribution in [1.82, 2.24) is 0 Å². The van der Waals surface area contributed by atoms with Crippen LogP contribution in [0.15, 0.2) is 72.8 Å². The number of phenols is 1. The Morgan fingerprint density at radius 2 is 1.72 bits per heavy atom. The summed E-state index contributed by atoms with van der Waals surface area (Å²) < 4.78 is 18.1. The van der Waals surface area contributed by atoms with E-state index in [1.165, 1.54) is 5.56 Å². The molecule has 3 atom stereocenters. The fourth-order valence-corrected chi connectivity index (χ4v) is 7.25. The number of rotatable bonds is 16. The summed E-state index contributed by atoms with van der Waals surface area (Å²) in [6, 6.07) is 24.3. The van der Waals surface area contributed by atoms with Crippen LogP contribution in [0, 0.1) is 12.0 Å². The fraction of sp³-hybridized carbons (Fsp3) is 0.468. The molecule has 2 aliphatic heterocycles. The van der Waals surface area contributed by atoms with Gasteiger partial charge in [0.2, 0.25) is 0 Å². The Morgan fingerprint density at radius 1 is 0.907 bits per heavy atom. The number of aryl methyl sites for hydroxylation is 2. The molecular weight excluding hydrogens is 675 g/mol. The lowest BCUT2D eigenvalue weighted by Crippen LogP contribution is -2.17. The van der Waals surface area contributed by atoms with Crippen LogP contribution in [0.2, 0.25) is 0 Å². The number of aromatic hydroxyl groups is 1. The number of aliphatic hydroxyl groups is 1. The van der Waals surface area contributed by atoms with E-state index in [4.69, 9.17) is 14.2 Å². The smallest absolute Gasteiger partial charge is 0.161 e. The molecule has 7 heteroatoms. The number of anilines is 1. The van der Waals surface area contributed by atoms with Gasteiger partial charge in [-0.3, -0.25) is 4.79 Å². The molecule has 288 valence electrons. The van der Waals surface area contributed by atoms with Crippen molar-refractivity contribution in [3.63, 3.8) is 0 Å². The second-order valence-electron chi connectivity index (χ2n) is 14.8. The minimum Gasteiger partial charge on any atom is -0.508 e. The zero-order chi connectivity index (χ0) is 38.1. The van der Waals surface area contributed by atoms with E-state index in [1.54, 1.807) is 20.1 Å². The summed E-state index contributed by atoms with van der Waals surface area (Å²) in [4.78, 5) is 13.4. The molecule has 2 heterocycles. The average molecular weight is 734 g/mol. The van der Waals surface area contributed by atoms with Gasteiger partial charge in [-0.25, -0.2) is 0 Å². The van der Waals surface area contributed by atoms with E-state index in [-0.39, 0.29) is 29.7 Å². The molecule has 0 unspecified atom stereocenters. The molecule has 54 heavy (non-hydrogen) atoms. The van der Waals surface area contributed by atoms with Crippen LogP contribution in [0.25, 0.3) is 10.8 Å². The minimum absolute atomic E-state index is 0.155. The van der Waals surface area contributed by atoms with Gasteiger partial charge in [-0.2, -0.15) is 0 Å². The number of hydrogen-bond acceptors (Lipinski definition) is 7. The van der Waals surface area contributed by atoms with Crippen molar-refractivity contribution in [2.75, 3.05) is 19.0 Å². The molecule has 0 saturated heterocycles. The number of nitrogens with one attached hydrogen (secondary N) is 1. The monoisotopic (exact) mass is 733 g/mol. The topological polar surface area (TPSA) is 97.2 Å². The first kappa shape index (κ1) is 40.5. The Labute approximate surface area is 322 Å². The standard InChI is InChI=1S/C47H59NO6/c1-4-5-9-15-38-26-27-53-42(17-11-8-6-7-10-13-35-14-12-16-40(29-35)48-32-34(2)49)31-41(50)22-18-36-20-25-45(52-3)46(30-36)54-33-37-19-23-43-39(28-37)21-24-44(51)47(38)43/h12,14,16,19-21,23-25,28-30,34,38,42,48-49,51H,4-11,13,15,17-18,22,31-33H2,1-3H3/t34-,38-,42-/m0/s1. The Hall–Kier alpha value is -4.67. The molecular formula is C47H59NO6. The molecule has 0 aliphatic carbocycles. The third-order valence-corrected chi connectivity index (χ3v) is 10.3. The van der Waals surface area contributed by atoms with Crippen LogP contribution < -0.4 is 14.8 Å². The normalized spacial score (nSPS) is 16.7. The molecule has 0 fully saturated rings. The summed E-state index contributed by atoms with van der Waals surface area (Å²) in [6.07, 6.45) is 14.9. The van der Waals surface area contributed by atoms with Crippen LogP contribution in [-0.2, 0) is 29.0 Å². The van der Waals surface area contributed by atoms with Crippen molar-refractivity contribution in [2.24, 2.45) is 0 Å². The van der Waals surface area contributed by atoms with Crippen LogP contribution >= 0.6 is 0 Å². The zero-order valence-electron chi connectivity index (χ0n) is 32.5. The molecule has 0 amide bonds. The molecule has 0 spiro atoms. The van der Waals surface area contributed by atoms with E-state index in [1.807, 2.05) is 36.4 Å². The van der Waals surface area contributed by atoms with Crippen molar-refractivity contribution < 1.29 is 29.2 Å². The lowest BCUT2D eigenvalue weighted by Gasteiger charge is -2.17. The van der Waals surface area contributed by atoms with Gasteiger partial charge in [0.05, 0.1) is 19.1 Å². The fourth-order valence-electron chi connectivity index (χ4n) is 7.25. The third-order valence-electron chi connectivity index (χ3n) is 10.3. The van der Waals surface area contributed by atoms with Crippen molar-refractivity contribution in [2.45, 2.75) is 128 Å². The number of ketones is 1. The number of carbonyl (C=O) groups is 1. The quantitative estimate of drug-likeness (QED) is 0.0779. The molecule has 3 N–H and O–H groups in total. The number of Topliss-reactive ketones (excluding diaryl/α,β-unsaturated/α-hetero) is 1. The predicted octanol–water partition coefficient (Wildman–Crippen LogP) is 10.4. The number of methoxy groups -OCH3 is 1. The molecule has 2 aliphatic rings. The maximum Gasteiger partial charge on any atom is 0.161 e. The highest BCUT2D eigenvalue weighted by molar-refractivity contribution is 5.89. The average Bonchev–Trinajstić information content (AvgIpc) is 3.17. The number of carbonyl (C=O) groups excluding carboxylic acids is 1. The second-order valence-corrected chi connectivity index (χ2v) is 14.8. The number of fused-ring (bicyclic) bond motifs is 9. The lowest BCUT2D eigenvalue weighted by atomic mass is 9.88. The minimum atomic E-state index is -0.383. The number of benzene rings is 4. The summed E-state index contributed by atoms with van der Waals surface area (Å²) in [5, 5.41) is 26.1. The van der Waals surface area contributed by atoms with Crippen molar-refractivity contribution in [3.05, 3.63) is 95.1 Å². The molecule has 0 saturated carbocycles. The first-order chi connectivity index (χ1) is 26.3. The number of hydrogen-bond donors (Lipinski definition) is 3. The van der Waals surface area contributed by atoms with E-state index in [2.05, 4.69) is 54.6 Å². The Balaban J connectivity index is 1.28. The van der Waals surface area contributed by atoms with E-state index >= 15 is 0 Å². The SMILES string of the molecule is CCCCC[C@H]1C#CO[C@@H](CCCCCCCc2cccc(NC[C@H](C)O)c2)CC(=O)CCc2ccc(OC)c(c2)OCc2ccc3c1c(O)ccc3c2. The summed E-state index contributed by atoms with van der Waals surface area (Å²) in [5.74, 6) is 4.88. The highest BCUT2D eigenvalue weighted by atomic mass is 16.5. The van der Waals surface area contributed by atoms with Gasteiger partial charge in [-0.15, -0.1) is 0 Å². The number of ether oxygens (including phenoxy) is 3. The first-order valence-electron chi connectivity index (χ1n) is 20.1. The summed E-state index contributed by atoms with van der Waals surface area (Å²) in [6.45, 7) is 4.87. The van der Waals surface area contributed by atoms with Crippen LogP contribution in [-0.4, -0.2) is 41.9 Å². The van der Waals surface area contributed by atoms with Gasteiger partial charge in [0.1, 0.15) is 30.4 Å². The summed E-state index contributed by atoms with van der Waals surface area (Å²) in [7, 11) is 1.64. The van der Waals surface area contributed by atoms with Gasteiger partial charge in [0.15, 0.2) is 11.5 Å². The number of phenolic OH excluding ortho intramolecular Hbond substituents is 1. The summed E-state index contributed by atoms with van der Waals surface area (Å²) >= 11 is 0. The molecule has 6 bridgehead atoms. The predicted molar refractivity (Wildman–Crippen MR) is 218 cm³/mol. The summed E-state index contributed by atoms with van der Waals surface area (Å²) in [5.41, 5.74) is 5.20. The maximum absolute atomic E-state index is 13.4. The van der Waals surface area contributed by atoms with Crippen molar-refractivity contribution in [1.29, 1.82) is 0 Å². The van der Waals surface area contributed by atoms with E-state index in [0.717, 1.165) is 104 Å². The van der Waals surface area contributed by atoms with E-state index < -0.39 is 0 Å².